The molecule has 0 saturated heterocycles. The van der Waals surface area contributed by atoms with Gasteiger partial charge in [0.2, 0.25) is 0 Å². The average molecular weight is 427 g/mol. The van der Waals surface area contributed by atoms with Crippen molar-refractivity contribution in [1.29, 1.82) is 0 Å². The van der Waals surface area contributed by atoms with Gasteiger partial charge in [-0.2, -0.15) is 0 Å². The molecule has 31 heavy (non-hydrogen) atoms. The van der Waals surface area contributed by atoms with E-state index in [1.165, 1.54) is 67.3 Å². The van der Waals surface area contributed by atoms with Crippen LogP contribution in [0.2, 0.25) is 0 Å². The van der Waals surface area contributed by atoms with Gasteiger partial charge in [-0.15, -0.1) is 0 Å². The average Bonchev–Trinajstić information content (AvgIpc) is 2.76. The molecule has 1 rings (SSSR count). The molecule has 176 valence electrons. The summed E-state index contributed by atoms with van der Waals surface area (Å²) in [4.78, 5) is 0. The molecule has 0 spiro atoms. The van der Waals surface area contributed by atoms with Gasteiger partial charge in [-0.1, -0.05) is 97.8 Å². The highest BCUT2D eigenvalue weighted by Gasteiger charge is 2.01. The molecule has 1 aromatic rings. The van der Waals surface area contributed by atoms with E-state index < -0.39 is 0 Å². The monoisotopic (exact) mass is 426 g/mol. The number of terminal acetylenes is 1. The molecule has 0 heterocycles. The SMILES string of the molecule is C#CN/C=C(\C)CC.C=C(CCC)Nc1ccc(CCCC)c(C)c1.CCCCCC. The van der Waals surface area contributed by atoms with Crippen LogP contribution in [0.25, 0.3) is 0 Å². The van der Waals surface area contributed by atoms with Crippen molar-refractivity contribution in [3.8, 4) is 12.5 Å². The van der Waals surface area contributed by atoms with E-state index in [4.69, 9.17) is 6.42 Å². The number of hydrogen-bond donors (Lipinski definition) is 2. The second kappa shape index (κ2) is 22.5. The van der Waals surface area contributed by atoms with Gasteiger partial charge in [0, 0.05) is 23.6 Å². The van der Waals surface area contributed by atoms with Gasteiger partial charge in [-0.05, 0) is 62.8 Å². The number of rotatable bonds is 12. The van der Waals surface area contributed by atoms with E-state index >= 15 is 0 Å². The molecular formula is C29H50N2. The summed E-state index contributed by atoms with van der Waals surface area (Å²) in [5.41, 5.74) is 6.39. The first-order valence-electron chi connectivity index (χ1n) is 12.3. The molecule has 1 aromatic carbocycles. The maximum Gasteiger partial charge on any atom is 0.0384 e. The van der Waals surface area contributed by atoms with Crippen LogP contribution >= 0.6 is 0 Å². The van der Waals surface area contributed by atoms with Gasteiger partial charge in [0.1, 0.15) is 0 Å². The number of anilines is 1. The zero-order chi connectivity index (χ0) is 23.9. The molecule has 0 fully saturated rings. The molecule has 2 nitrogen and oxygen atoms in total. The Morgan fingerprint density at radius 3 is 2.06 bits per heavy atom. The number of nitrogens with one attached hydrogen (secondary N) is 2. The van der Waals surface area contributed by atoms with Crippen LogP contribution in [0.3, 0.4) is 0 Å². The molecule has 0 unspecified atom stereocenters. The highest BCUT2D eigenvalue weighted by atomic mass is 14.9. The third kappa shape index (κ3) is 19.6. The largest absolute Gasteiger partial charge is 0.359 e. The van der Waals surface area contributed by atoms with Crippen LogP contribution in [-0.4, -0.2) is 0 Å². The summed E-state index contributed by atoms with van der Waals surface area (Å²) in [7, 11) is 0. The molecule has 0 radical (unpaired) electrons. The van der Waals surface area contributed by atoms with E-state index in [-0.39, 0.29) is 0 Å². The lowest BCUT2D eigenvalue weighted by atomic mass is 10.0. The van der Waals surface area contributed by atoms with Crippen LogP contribution in [0, 0.1) is 19.4 Å². The molecule has 0 aliphatic rings. The van der Waals surface area contributed by atoms with Crippen LogP contribution in [0.4, 0.5) is 5.69 Å². The lowest BCUT2D eigenvalue weighted by molar-refractivity contribution is 0.702. The van der Waals surface area contributed by atoms with Crippen molar-refractivity contribution in [2.45, 2.75) is 113 Å². The predicted molar refractivity (Wildman–Crippen MR) is 143 cm³/mol. The fraction of sp³-hybridized carbons (Fsp3) is 0.586. The van der Waals surface area contributed by atoms with Crippen molar-refractivity contribution in [1.82, 2.24) is 5.32 Å². The number of benzene rings is 1. The van der Waals surface area contributed by atoms with E-state index in [0.29, 0.717) is 0 Å². The molecule has 0 bridgehead atoms. The molecule has 2 N–H and O–H groups in total. The molecular weight excluding hydrogens is 376 g/mol. The summed E-state index contributed by atoms with van der Waals surface area (Å²) in [6.07, 6.45) is 19.2. The quantitative estimate of drug-likeness (QED) is 0.198. The lowest BCUT2D eigenvalue weighted by Gasteiger charge is -2.11. The van der Waals surface area contributed by atoms with E-state index in [0.717, 1.165) is 25.0 Å². The van der Waals surface area contributed by atoms with Crippen molar-refractivity contribution >= 4 is 5.69 Å². The van der Waals surface area contributed by atoms with Gasteiger partial charge < -0.3 is 10.6 Å². The summed E-state index contributed by atoms with van der Waals surface area (Å²) in [5, 5.41) is 6.04. The summed E-state index contributed by atoms with van der Waals surface area (Å²) in [6, 6.07) is 8.94. The van der Waals surface area contributed by atoms with Crippen LogP contribution in [0.1, 0.15) is 110 Å². The highest BCUT2D eigenvalue weighted by Crippen LogP contribution is 2.19. The maximum absolute atomic E-state index is 4.93. The number of hydrogen-bond acceptors (Lipinski definition) is 2. The standard InChI is InChI=1S/C16H25N.C7H11N.C6H14/c1-5-7-9-15-10-11-16(12-13(15)3)17-14(4)8-6-2;1-4-7(3)6-8-5-2;1-3-5-6-4-2/h10-12,17H,4-9H2,1-3H3;2,6,8H,4H2,1,3H3;3-6H2,1-2H3/b;7-6+;. The fourth-order valence-electron chi connectivity index (χ4n) is 2.76. The summed E-state index contributed by atoms with van der Waals surface area (Å²) in [5.74, 6) is 0. The smallest absolute Gasteiger partial charge is 0.0384 e. The molecule has 0 aliphatic heterocycles. The molecule has 2 heteroatoms. The van der Waals surface area contributed by atoms with E-state index in [9.17, 15) is 0 Å². The first-order valence-corrected chi connectivity index (χ1v) is 12.3. The summed E-state index contributed by atoms with van der Waals surface area (Å²) >= 11 is 0. The molecule has 0 atom stereocenters. The second-order valence-electron chi connectivity index (χ2n) is 8.06. The normalized spacial score (nSPS) is 10.1. The Morgan fingerprint density at radius 1 is 1.00 bits per heavy atom. The Bertz CT molecular complexity index is 631. The maximum atomic E-state index is 4.93. The van der Waals surface area contributed by atoms with Gasteiger partial charge in [-0.25, -0.2) is 0 Å². The number of allylic oxidation sites excluding steroid dienone is 2. The van der Waals surface area contributed by atoms with Crippen LogP contribution in [0.5, 0.6) is 0 Å². The van der Waals surface area contributed by atoms with Crippen LogP contribution in [-0.2, 0) is 6.42 Å². The minimum Gasteiger partial charge on any atom is -0.359 e. The number of unbranched alkanes of at least 4 members (excludes halogenated alkanes) is 4. The third-order valence-corrected chi connectivity index (χ3v) is 4.93. The van der Waals surface area contributed by atoms with Gasteiger partial charge in [0.05, 0.1) is 0 Å². The molecule has 0 amide bonds. The second-order valence-corrected chi connectivity index (χ2v) is 8.06. The first kappa shape index (κ1) is 31.0. The predicted octanol–water partition coefficient (Wildman–Crippen LogP) is 9.13. The van der Waals surface area contributed by atoms with Gasteiger partial charge in [-0.3, -0.25) is 0 Å². The molecule has 0 saturated carbocycles. The zero-order valence-corrected chi connectivity index (χ0v) is 21.7. The van der Waals surface area contributed by atoms with Crippen molar-refractivity contribution in [2.24, 2.45) is 0 Å². The Balaban J connectivity index is 0. The summed E-state index contributed by atoms with van der Waals surface area (Å²) in [6.45, 7) is 19.2. The van der Waals surface area contributed by atoms with E-state index in [1.54, 1.807) is 0 Å². The molecule has 0 aliphatic carbocycles. The Kier molecular flexibility index (Phi) is 22.6. The van der Waals surface area contributed by atoms with E-state index in [2.05, 4.69) is 83.0 Å². The van der Waals surface area contributed by atoms with Gasteiger partial charge in [0.25, 0.3) is 0 Å². The lowest BCUT2D eigenvalue weighted by Crippen LogP contribution is -1.99. The molecule has 0 aromatic heterocycles. The Hall–Kier alpha value is -2.14. The topological polar surface area (TPSA) is 24.1 Å². The van der Waals surface area contributed by atoms with Crippen LogP contribution in [0.15, 0.2) is 42.2 Å². The highest BCUT2D eigenvalue weighted by molar-refractivity contribution is 5.51. The Labute approximate surface area is 195 Å². The first-order chi connectivity index (χ1) is 14.9. The Morgan fingerprint density at radius 2 is 1.61 bits per heavy atom. The minimum absolute atomic E-state index is 1.04. The minimum atomic E-state index is 1.04. The third-order valence-electron chi connectivity index (χ3n) is 4.93. The summed E-state index contributed by atoms with van der Waals surface area (Å²) < 4.78 is 0. The van der Waals surface area contributed by atoms with Crippen molar-refractivity contribution < 1.29 is 0 Å². The van der Waals surface area contributed by atoms with Crippen LogP contribution < -0.4 is 10.6 Å². The van der Waals surface area contributed by atoms with Crippen molar-refractivity contribution in [3.05, 3.63) is 53.4 Å². The van der Waals surface area contributed by atoms with E-state index in [1.807, 2.05) is 13.1 Å². The van der Waals surface area contributed by atoms with Crippen molar-refractivity contribution in [3.63, 3.8) is 0 Å². The zero-order valence-electron chi connectivity index (χ0n) is 21.7. The van der Waals surface area contributed by atoms with Gasteiger partial charge in [0.15, 0.2) is 0 Å². The van der Waals surface area contributed by atoms with Crippen molar-refractivity contribution in [2.75, 3.05) is 5.32 Å². The van der Waals surface area contributed by atoms with Gasteiger partial charge >= 0.3 is 0 Å². The number of aryl methyl sites for hydroxylation is 2. The fourth-order valence-corrected chi connectivity index (χ4v) is 2.76.